The summed E-state index contributed by atoms with van der Waals surface area (Å²) in [6.45, 7) is 9.58. The average Bonchev–Trinajstić information content (AvgIpc) is 3.37. The molecule has 190 valence electrons. The Morgan fingerprint density at radius 1 is 0.917 bits per heavy atom. The molecule has 2 heterocycles. The number of benzene rings is 3. The van der Waals surface area contributed by atoms with Crippen LogP contribution >= 0.6 is 11.6 Å². The molecule has 0 aromatic heterocycles. The van der Waals surface area contributed by atoms with Gasteiger partial charge in [-0.3, -0.25) is 4.90 Å². The molecule has 1 unspecified atom stereocenters. The Labute approximate surface area is 218 Å². The molecule has 2 aliphatic rings. The molecule has 1 atom stereocenters. The molecule has 0 saturated carbocycles. The lowest BCUT2D eigenvalue weighted by Crippen LogP contribution is -2.47. The first-order valence-corrected chi connectivity index (χ1v) is 12.7. The molecular formula is C29H33ClN2O4. The average molecular weight is 509 g/mol. The number of fused-ring (bicyclic) bond motifs is 1. The van der Waals surface area contributed by atoms with Crippen molar-refractivity contribution in [2.45, 2.75) is 19.8 Å². The van der Waals surface area contributed by atoms with E-state index >= 15 is 0 Å². The largest absolute Gasteiger partial charge is 0.493 e. The molecule has 36 heavy (non-hydrogen) atoms. The van der Waals surface area contributed by atoms with E-state index in [-0.39, 0.29) is 6.79 Å². The molecule has 0 radical (unpaired) electrons. The lowest BCUT2D eigenvalue weighted by molar-refractivity contribution is 0.174. The molecule has 6 nitrogen and oxygen atoms in total. The van der Waals surface area contributed by atoms with E-state index in [0.717, 1.165) is 65.9 Å². The van der Waals surface area contributed by atoms with Crippen LogP contribution in [0.3, 0.4) is 0 Å². The number of rotatable bonds is 7. The second kappa shape index (κ2) is 10.5. The minimum Gasteiger partial charge on any atom is -0.493 e. The summed E-state index contributed by atoms with van der Waals surface area (Å²) in [6, 6.07) is 16.4. The van der Waals surface area contributed by atoms with E-state index in [1.165, 1.54) is 11.3 Å². The number of ether oxygens (including phenoxy) is 4. The summed E-state index contributed by atoms with van der Waals surface area (Å²) in [5.74, 6) is 3.30. The number of nitrogens with zero attached hydrogens (tertiary/aromatic N) is 2. The van der Waals surface area contributed by atoms with Gasteiger partial charge in [-0.25, -0.2) is 0 Å². The van der Waals surface area contributed by atoms with Gasteiger partial charge in [-0.15, -0.1) is 0 Å². The Morgan fingerprint density at radius 3 is 2.36 bits per heavy atom. The Balaban J connectivity index is 1.36. The minimum atomic E-state index is 0.253. The summed E-state index contributed by atoms with van der Waals surface area (Å²) in [5, 5.41) is 0.828. The fourth-order valence-corrected chi connectivity index (χ4v) is 5.38. The van der Waals surface area contributed by atoms with Crippen molar-refractivity contribution >= 4 is 17.3 Å². The van der Waals surface area contributed by atoms with Crippen LogP contribution in [0.15, 0.2) is 48.5 Å². The summed E-state index contributed by atoms with van der Waals surface area (Å²) < 4.78 is 22.5. The van der Waals surface area contributed by atoms with Crippen LogP contribution in [-0.2, 0) is 0 Å². The predicted molar refractivity (Wildman–Crippen MR) is 144 cm³/mol. The van der Waals surface area contributed by atoms with Crippen LogP contribution in [0.25, 0.3) is 11.1 Å². The first kappa shape index (κ1) is 24.6. The van der Waals surface area contributed by atoms with Gasteiger partial charge in [-0.05, 0) is 71.5 Å². The second-order valence-corrected chi connectivity index (χ2v) is 9.84. The number of hydrogen-bond donors (Lipinski definition) is 0. The molecule has 1 fully saturated rings. The number of piperazine rings is 1. The van der Waals surface area contributed by atoms with E-state index in [1.807, 2.05) is 24.3 Å². The van der Waals surface area contributed by atoms with E-state index in [9.17, 15) is 0 Å². The molecule has 0 spiro atoms. The lowest BCUT2D eigenvalue weighted by Gasteiger charge is -2.38. The highest BCUT2D eigenvalue weighted by Crippen LogP contribution is 2.43. The van der Waals surface area contributed by atoms with Crippen LogP contribution in [0.1, 0.15) is 24.0 Å². The highest BCUT2D eigenvalue weighted by Gasteiger charge is 2.25. The number of halogens is 1. The van der Waals surface area contributed by atoms with Crippen molar-refractivity contribution in [2.24, 2.45) is 0 Å². The molecule has 7 heteroatoms. The Hall–Kier alpha value is -3.09. The monoisotopic (exact) mass is 508 g/mol. The summed E-state index contributed by atoms with van der Waals surface area (Å²) >= 11 is 6.37. The quantitative estimate of drug-likeness (QED) is 0.391. The topological polar surface area (TPSA) is 43.4 Å². The van der Waals surface area contributed by atoms with Crippen LogP contribution in [-0.4, -0.2) is 58.6 Å². The third kappa shape index (κ3) is 4.80. The maximum absolute atomic E-state index is 6.37. The van der Waals surface area contributed by atoms with Gasteiger partial charge in [-0.1, -0.05) is 30.7 Å². The van der Waals surface area contributed by atoms with E-state index in [1.54, 1.807) is 14.2 Å². The third-order valence-corrected chi connectivity index (χ3v) is 7.66. The number of hydrogen-bond acceptors (Lipinski definition) is 6. The molecule has 2 aliphatic heterocycles. The zero-order chi connectivity index (χ0) is 25.2. The van der Waals surface area contributed by atoms with Gasteiger partial charge in [0.15, 0.2) is 23.0 Å². The fraction of sp³-hybridized carbons (Fsp3) is 0.379. The third-order valence-electron chi connectivity index (χ3n) is 7.25. The van der Waals surface area contributed by atoms with E-state index in [4.69, 9.17) is 30.5 Å². The zero-order valence-corrected chi connectivity index (χ0v) is 22.1. The smallest absolute Gasteiger partial charge is 0.231 e. The first-order valence-electron chi connectivity index (χ1n) is 12.4. The first-order chi connectivity index (χ1) is 17.5. The number of methoxy groups -OCH3 is 2. The van der Waals surface area contributed by atoms with Crippen molar-refractivity contribution in [1.82, 2.24) is 4.90 Å². The predicted octanol–water partition coefficient (Wildman–Crippen LogP) is 5.99. The van der Waals surface area contributed by atoms with E-state index < -0.39 is 0 Å². The van der Waals surface area contributed by atoms with Crippen molar-refractivity contribution in [3.63, 3.8) is 0 Å². The van der Waals surface area contributed by atoms with Gasteiger partial charge in [0.05, 0.1) is 14.2 Å². The van der Waals surface area contributed by atoms with Gasteiger partial charge < -0.3 is 23.8 Å². The summed E-state index contributed by atoms with van der Waals surface area (Å²) in [6.07, 6.45) is 0. The zero-order valence-electron chi connectivity index (χ0n) is 21.3. The molecule has 0 bridgehead atoms. The molecule has 0 aliphatic carbocycles. The SMILES string of the molecule is COc1ccc(-c2cc3c(cc2C(C)CN2CCN(c4cccc(Cl)c4C)CC2)OCO3)cc1OC. The van der Waals surface area contributed by atoms with Crippen LogP contribution in [0, 0.1) is 6.92 Å². The van der Waals surface area contributed by atoms with Crippen LogP contribution in [0.2, 0.25) is 5.02 Å². The van der Waals surface area contributed by atoms with Crippen LogP contribution in [0.5, 0.6) is 23.0 Å². The molecule has 3 aromatic carbocycles. The second-order valence-electron chi connectivity index (χ2n) is 9.44. The van der Waals surface area contributed by atoms with Gasteiger partial charge in [0, 0.05) is 43.4 Å². The molecule has 1 saturated heterocycles. The van der Waals surface area contributed by atoms with Crippen molar-refractivity contribution in [2.75, 3.05) is 58.6 Å². The molecule has 3 aromatic rings. The molecule has 0 N–H and O–H groups in total. The normalized spacial score (nSPS) is 16.2. The summed E-state index contributed by atoms with van der Waals surface area (Å²) in [7, 11) is 3.31. The standard InChI is InChI=1S/C29H33ClN2O4/c1-19(17-31-10-12-32(13-11-31)25-7-5-6-24(30)20(25)2)22-15-28-29(36-18-35-28)16-23(22)21-8-9-26(33-3)27(14-21)34-4/h5-9,14-16,19H,10-13,17-18H2,1-4H3. The van der Waals surface area contributed by atoms with E-state index in [0.29, 0.717) is 17.4 Å². The summed E-state index contributed by atoms with van der Waals surface area (Å²) in [4.78, 5) is 4.99. The van der Waals surface area contributed by atoms with Crippen molar-refractivity contribution < 1.29 is 18.9 Å². The van der Waals surface area contributed by atoms with Gasteiger partial charge in [0.2, 0.25) is 6.79 Å². The Kier molecular flexibility index (Phi) is 7.17. The Bertz CT molecular complexity index is 1240. The van der Waals surface area contributed by atoms with Crippen molar-refractivity contribution in [1.29, 1.82) is 0 Å². The van der Waals surface area contributed by atoms with Gasteiger partial charge in [0.25, 0.3) is 0 Å². The van der Waals surface area contributed by atoms with Gasteiger partial charge >= 0.3 is 0 Å². The highest BCUT2D eigenvalue weighted by molar-refractivity contribution is 6.31. The summed E-state index contributed by atoms with van der Waals surface area (Å²) in [5.41, 5.74) is 5.82. The maximum Gasteiger partial charge on any atom is 0.231 e. The highest BCUT2D eigenvalue weighted by atomic mass is 35.5. The lowest BCUT2D eigenvalue weighted by atomic mass is 9.90. The maximum atomic E-state index is 6.37. The van der Waals surface area contributed by atoms with Crippen LogP contribution < -0.4 is 23.8 Å². The fourth-order valence-electron chi connectivity index (χ4n) is 5.21. The van der Waals surface area contributed by atoms with Crippen molar-refractivity contribution in [3.8, 4) is 34.1 Å². The van der Waals surface area contributed by atoms with Crippen molar-refractivity contribution in [3.05, 3.63) is 64.7 Å². The van der Waals surface area contributed by atoms with Gasteiger partial charge in [-0.2, -0.15) is 0 Å². The Morgan fingerprint density at radius 2 is 1.64 bits per heavy atom. The molecule has 0 amide bonds. The molecule has 5 rings (SSSR count). The molecular weight excluding hydrogens is 476 g/mol. The minimum absolute atomic E-state index is 0.253. The van der Waals surface area contributed by atoms with Crippen LogP contribution in [0.4, 0.5) is 5.69 Å². The van der Waals surface area contributed by atoms with E-state index in [2.05, 4.69) is 47.9 Å². The van der Waals surface area contributed by atoms with Gasteiger partial charge in [0.1, 0.15) is 0 Å². The number of anilines is 1.